The van der Waals surface area contributed by atoms with Crippen LogP contribution in [0.3, 0.4) is 0 Å². The summed E-state index contributed by atoms with van der Waals surface area (Å²) in [6.07, 6.45) is 1.63. The van der Waals surface area contributed by atoms with Crippen LogP contribution in [0.1, 0.15) is 15.9 Å². The van der Waals surface area contributed by atoms with E-state index < -0.39 is 5.97 Å². The third-order valence-corrected chi connectivity index (χ3v) is 4.01. The van der Waals surface area contributed by atoms with Gasteiger partial charge in [-0.2, -0.15) is 0 Å². The molecular formula is C17H19N3O3. The first-order valence-electron chi connectivity index (χ1n) is 7.57. The number of carboxylic acids is 1. The Labute approximate surface area is 134 Å². The lowest BCUT2D eigenvalue weighted by Gasteiger charge is -2.35. The number of rotatable bonds is 4. The molecule has 3 rings (SSSR count). The van der Waals surface area contributed by atoms with Crippen LogP contribution in [0.25, 0.3) is 0 Å². The standard InChI is InChI=1S/C17H19N3O3/c21-14-4-1-3-13(11-14)12-19-7-9-20(10-8-19)16-15(17(22)23)5-2-6-18-16/h1-6,11,21H,7-10,12H2,(H,22,23). The normalized spacial score (nSPS) is 15.6. The average molecular weight is 313 g/mol. The first kappa shape index (κ1) is 15.3. The molecule has 6 nitrogen and oxygen atoms in total. The molecule has 2 N–H and O–H groups in total. The summed E-state index contributed by atoms with van der Waals surface area (Å²) >= 11 is 0. The van der Waals surface area contributed by atoms with E-state index in [1.807, 2.05) is 17.0 Å². The highest BCUT2D eigenvalue weighted by Crippen LogP contribution is 2.20. The Morgan fingerprint density at radius 2 is 1.91 bits per heavy atom. The van der Waals surface area contributed by atoms with Crippen molar-refractivity contribution in [2.24, 2.45) is 0 Å². The van der Waals surface area contributed by atoms with Crippen molar-refractivity contribution < 1.29 is 15.0 Å². The molecule has 6 heteroatoms. The van der Waals surface area contributed by atoms with Crippen LogP contribution in [-0.2, 0) is 6.54 Å². The van der Waals surface area contributed by atoms with Crippen LogP contribution in [0.15, 0.2) is 42.6 Å². The summed E-state index contributed by atoms with van der Waals surface area (Å²) < 4.78 is 0. The Bertz CT molecular complexity index is 697. The topological polar surface area (TPSA) is 76.9 Å². The number of phenolic OH excluding ortho intramolecular Hbond substituents is 1. The molecule has 2 heterocycles. The van der Waals surface area contributed by atoms with E-state index in [2.05, 4.69) is 9.88 Å². The molecule has 2 aromatic rings. The van der Waals surface area contributed by atoms with Gasteiger partial charge < -0.3 is 15.1 Å². The van der Waals surface area contributed by atoms with Crippen LogP contribution < -0.4 is 4.90 Å². The molecule has 0 spiro atoms. The zero-order valence-corrected chi connectivity index (χ0v) is 12.7. The highest BCUT2D eigenvalue weighted by molar-refractivity contribution is 5.93. The second-order valence-corrected chi connectivity index (χ2v) is 5.61. The summed E-state index contributed by atoms with van der Waals surface area (Å²) in [6, 6.07) is 10.5. The summed E-state index contributed by atoms with van der Waals surface area (Å²) in [5, 5.41) is 18.8. The molecule has 0 atom stereocenters. The van der Waals surface area contributed by atoms with E-state index in [1.165, 1.54) is 0 Å². The van der Waals surface area contributed by atoms with Crippen molar-refractivity contribution in [2.75, 3.05) is 31.1 Å². The van der Waals surface area contributed by atoms with Crippen molar-refractivity contribution >= 4 is 11.8 Å². The second-order valence-electron chi connectivity index (χ2n) is 5.61. The number of carbonyl (C=O) groups is 1. The maximum Gasteiger partial charge on any atom is 0.339 e. The minimum atomic E-state index is -0.949. The van der Waals surface area contributed by atoms with Crippen molar-refractivity contribution in [1.82, 2.24) is 9.88 Å². The quantitative estimate of drug-likeness (QED) is 0.896. The van der Waals surface area contributed by atoms with Crippen LogP contribution in [-0.4, -0.2) is 52.2 Å². The SMILES string of the molecule is O=C(O)c1cccnc1N1CCN(Cc2cccc(O)c2)CC1. The van der Waals surface area contributed by atoms with Crippen molar-refractivity contribution in [3.8, 4) is 5.75 Å². The fourth-order valence-corrected chi connectivity index (χ4v) is 2.85. The minimum Gasteiger partial charge on any atom is -0.508 e. The Kier molecular flexibility index (Phi) is 4.43. The van der Waals surface area contributed by atoms with Crippen molar-refractivity contribution in [3.63, 3.8) is 0 Å². The number of piperazine rings is 1. The van der Waals surface area contributed by atoms with Crippen LogP contribution in [0.2, 0.25) is 0 Å². The van der Waals surface area contributed by atoms with E-state index in [0.717, 1.165) is 38.3 Å². The summed E-state index contributed by atoms with van der Waals surface area (Å²) in [7, 11) is 0. The van der Waals surface area contributed by atoms with Crippen LogP contribution in [0.4, 0.5) is 5.82 Å². The molecule has 23 heavy (non-hydrogen) atoms. The number of carboxylic acid groups (broad SMARTS) is 1. The molecule has 0 radical (unpaired) electrons. The number of aromatic nitrogens is 1. The van der Waals surface area contributed by atoms with E-state index in [9.17, 15) is 15.0 Å². The number of hydrogen-bond acceptors (Lipinski definition) is 5. The summed E-state index contributed by atoms with van der Waals surface area (Å²) in [4.78, 5) is 19.8. The molecule has 1 fully saturated rings. The van der Waals surface area contributed by atoms with Gasteiger partial charge in [-0.15, -0.1) is 0 Å². The fourth-order valence-electron chi connectivity index (χ4n) is 2.85. The zero-order chi connectivity index (χ0) is 16.2. The molecule has 0 aliphatic carbocycles. The Morgan fingerprint density at radius 3 is 2.61 bits per heavy atom. The number of aromatic carboxylic acids is 1. The molecule has 0 bridgehead atoms. The van der Waals surface area contributed by atoms with E-state index in [-0.39, 0.29) is 11.3 Å². The molecule has 1 aliphatic heterocycles. The van der Waals surface area contributed by atoms with Gasteiger partial charge in [0.1, 0.15) is 17.1 Å². The maximum atomic E-state index is 11.3. The van der Waals surface area contributed by atoms with Gasteiger partial charge in [0.05, 0.1) is 0 Å². The number of anilines is 1. The van der Waals surface area contributed by atoms with Gasteiger partial charge in [-0.25, -0.2) is 9.78 Å². The van der Waals surface area contributed by atoms with Gasteiger partial charge in [0, 0.05) is 38.9 Å². The van der Waals surface area contributed by atoms with E-state index in [0.29, 0.717) is 5.82 Å². The summed E-state index contributed by atoms with van der Waals surface area (Å²) in [5.74, 6) is -0.131. The molecule has 1 saturated heterocycles. The van der Waals surface area contributed by atoms with Gasteiger partial charge in [0.25, 0.3) is 0 Å². The molecular weight excluding hydrogens is 294 g/mol. The molecule has 120 valence electrons. The minimum absolute atomic E-state index is 0.244. The Balaban J connectivity index is 1.64. The summed E-state index contributed by atoms with van der Waals surface area (Å²) in [5.41, 5.74) is 1.32. The third kappa shape index (κ3) is 3.60. The third-order valence-electron chi connectivity index (χ3n) is 4.01. The number of nitrogens with zero attached hydrogens (tertiary/aromatic N) is 3. The van der Waals surface area contributed by atoms with E-state index in [4.69, 9.17) is 0 Å². The van der Waals surface area contributed by atoms with E-state index in [1.54, 1.807) is 30.5 Å². The maximum absolute atomic E-state index is 11.3. The smallest absolute Gasteiger partial charge is 0.339 e. The predicted octanol–water partition coefficient (Wildman–Crippen LogP) is 1.81. The van der Waals surface area contributed by atoms with Crippen LogP contribution in [0.5, 0.6) is 5.75 Å². The molecule has 0 unspecified atom stereocenters. The van der Waals surface area contributed by atoms with Gasteiger partial charge in [0.2, 0.25) is 0 Å². The highest BCUT2D eigenvalue weighted by Gasteiger charge is 2.22. The number of aromatic hydroxyl groups is 1. The highest BCUT2D eigenvalue weighted by atomic mass is 16.4. The Morgan fingerprint density at radius 1 is 1.13 bits per heavy atom. The first-order chi connectivity index (χ1) is 11.1. The van der Waals surface area contributed by atoms with Gasteiger partial charge in [0.15, 0.2) is 0 Å². The molecule has 0 amide bonds. The second kappa shape index (κ2) is 6.66. The van der Waals surface area contributed by atoms with Gasteiger partial charge in [-0.05, 0) is 29.8 Å². The van der Waals surface area contributed by atoms with Gasteiger partial charge in [-0.1, -0.05) is 12.1 Å². The monoisotopic (exact) mass is 313 g/mol. The Hall–Kier alpha value is -2.60. The lowest BCUT2D eigenvalue weighted by atomic mass is 10.1. The van der Waals surface area contributed by atoms with Crippen molar-refractivity contribution in [1.29, 1.82) is 0 Å². The summed E-state index contributed by atoms with van der Waals surface area (Å²) in [6.45, 7) is 3.89. The zero-order valence-electron chi connectivity index (χ0n) is 12.7. The number of hydrogen-bond donors (Lipinski definition) is 2. The predicted molar refractivity (Wildman–Crippen MR) is 86.8 cm³/mol. The number of benzene rings is 1. The fraction of sp³-hybridized carbons (Fsp3) is 0.294. The number of pyridine rings is 1. The van der Waals surface area contributed by atoms with Crippen molar-refractivity contribution in [2.45, 2.75) is 6.54 Å². The largest absolute Gasteiger partial charge is 0.508 e. The molecule has 0 saturated carbocycles. The first-order valence-corrected chi connectivity index (χ1v) is 7.57. The van der Waals surface area contributed by atoms with Crippen LogP contribution >= 0.6 is 0 Å². The van der Waals surface area contributed by atoms with Gasteiger partial charge in [-0.3, -0.25) is 4.90 Å². The lowest BCUT2D eigenvalue weighted by Crippen LogP contribution is -2.46. The van der Waals surface area contributed by atoms with Gasteiger partial charge >= 0.3 is 5.97 Å². The van der Waals surface area contributed by atoms with E-state index >= 15 is 0 Å². The molecule has 1 aromatic carbocycles. The van der Waals surface area contributed by atoms with Crippen LogP contribution in [0, 0.1) is 0 Å². The molecule has 1 aromatic heterocycles. The number of phenols is 1. The lowest BCUT2D eigenvalue weighted by molar-refractivity contribution is 0.0697. The van der Waals surface area contributed by atoms with Crippen molar-refractivity contribution in [3.05, 3.63) is 53.7 Å². The molecule has 1 aliphatic rings. The average Bonchev–Trinajstić information content (AvgIpc) is 2.55.